The van der Waals surface area contributed by atoms with Crippen molar-refractivity contribution in [2.45, 2.75) is 26.3 Å². The fraction of sp³-hybridized carbons (Fsp3) is 0.333. The van der Waals surface area contributed by atoms with Crippen LogP contribution in [0.15, 0.2) is 23.3 Å². The Labute approximate surface area is 108 Å². The summed E-state index contributed by atoms with van der Waals surface area (Å²) in [6.45, 7) is 2.02. The van der Waals surface area contributed by atoms with E-state index in [-0.39, 0.29) is 18.4 Å². The lowest BCUT2D eigenvalue weighted by atomic mass is 10.00. The van der Waals surface area contributed by atoms with Gasteiger partial charge in [-0.3, -0.25) is 14.5 Å². The molecule has 18 heavy (non-hydrogen) atoms. The summed E-state index contributed by atoms with van der Waals surface area (Å²) in [6.07, 6.45) is 5.17. The molecule has 1 aromatic rings. The Morgan fingerprint density at radius 2 is 2.22 bits per heavy atom. The predicted molar refractivity (Wildman–Crippen MR) is 65.6 cm³/mol. The second-order valence-corrected chi connectivity index (χ2v) is 5.10. The van der Waals surface area contributed by atoms with E-state index in [0.717, 1.165) is 6.42 Å². The van der Waals surface area contributed by atoms with Gasteiger partial charge in [0.15, 0.2) is 0 Å². The monoisotopic (exact) mass is 261 g/mol. The van der Waals surface area contributed by atoms with E-state index in [4.69, 9.17) is 0 Å². The zero-order chi connectivity index (χ0) is 12.7. The van der Waals surface area contributed by atoms with Crippen molar-refractivity contribution in [1.82, 2.24) is 14.3 Å². The van der Waals surface area contributed by atoms with Gasteiger partial charge in [0.1, 0.15) is 10.8 Å². The maximum Gasteiger partial charge on any atom is 0.261 e. The first-order valence-corrected chi connectivity index (χ1v) is 6.49. The van der Waals surface area contributed by atoms with Crippen molar-refractivity contribution in [3.8, 4) is 0 Å². The summed E-state index contributed by atoms with van der Waals surface area (Å²) >= 11 is 1.23. The van der Waals surface area contributed by atoms with E-state index in [1.165, 1.54) is 16.4 Å². The Kier molecular flexibility index (Phi) is 2.59. The molecule has 0 radical (unpaired) electrons. The molecular weight excluding hydrogens is 250 g/mol. The molecule has 6 heteroatoms. The standard InChI is InChI=1S/C12H11N3O2S/c1-7-13-10(18-14-7)6-15-11(16)8-4-2-3-5-9(8)12(15)17/h2,4H,3,5-6H2,1H3. The van der Waals surface area contributed by atoms with E-state index in [1.807, 2.05) is 6.08 Å². The number of hydrogen-bond acceptors (Lipinski definition) is 5. The first kappa shape index (κ1) is 11.3. The topological polar surface area (TPSA) is 63.2 Å². The van der Waals surface area contributed by atoms with Crippen molar-refractivity contribution in [3.05, 3.63) is 34.1 Å². The smallest absolute Gasteiger partial charge is 0.261 e. The van der Waals surface area contributed by atoms with Crippen molar-refractivity contribution in [2.24, 2.45) is 0 Å². The Morgan fingerprint density at radius 1 is 1.39 bits per heavy atom. The van der Waals surface area contributed by atoms with Gasteiger partial charge in [0, 0.05) is 11.1 Å². The molecule has 0 unspecified atom stereocenters. The highest BCUT2D eigenvalue weighted by molar-refractivity contribution is 7.05. The number of hydrogen-bond donors (Lipinski definition) is 0. The minimum atomic E-state index is -0.209. The van der Waals surface area contributed by atoms with Crippen molar-refractivity contribution in [3.63, 3.8) is 0 Å². The number of carbonyl (C=O) groups excluding carboxylic acids is 2. The van der Waals surface area contributed by atoms with E-state index >= 15 is 0 Å². The summed E-state index contributed by atoms with van der Waals surface area (Å²) in [6, 6.07) is 0. The molecule has 1 aliphatic heterocycles. The van der Waals surface area contributed by atoms with Crippen LogP contribution in [0, 0.1) is 6.92 Å². The average Bonchev–Trinajstić information content (AvgIpc) is 2.88. The number of carbonyl (C=O) groups is 2. The zero-order valence-corrected chi connectivity index (χ0v) is 10.7. The molecule has 0 bridgehead atoms. The van der Waals surface area contributed by atoms with Gasteiger partial charge in [0.25, 0.3) is 11.8 Å². The third kappa shape index (κ3) is 1.69. The first-order valence-electron chi connectivity index (χ1n) is 5.72. The fourth-order valence-electron chi connectivity index (χ4n) is 2.17. The molecule has 0 aromatic carbocycles. The van der Waals surface area contributed by atoms with Gasteiger partial charge < -0.3 is 0 Å². The Bertz CT molecular complexity index is 600. The molecule has 0 saturated heterocycles. The summed E-state index contributed by atoms with van der Waals surface area (Å²) in [7, 11) is 0. The fourth-order valence-corrected chi connectivity index (χ4v) is 2.81. The first-order chi connectivity index (χ1) is 8.66. The molecule has 2 amide bonds. The summed E-state index contributed by atoms with van der Waals surface area (Å²) in [5.74, 6) is 0.290. The van der Waals surface area contributed by atoms with Crippen LogP contribution in [0.3, 0.4) is 0 Å². The molecule has 0 atom stereocenters. The maximum atomic E-state index is 12.1. The molecule has 1 aromatic heterocycles. The van der Waals surface area contributed by atoms with Crippen molar-refractivity contribution in [1.29, 1.82) is 0 Å². The lowest BCUT2D eigenvalue weighted by Gasteiger charge is -2.12. The van der Waals surface area contributed by atoms with Crippen LogP contribution in [0.2, 0.25) is 0 Å². The van der Waals surface area contributed by atoms with Crippen LogP contribution in [0.4, 0.5) is 0 Å². The molecule has 0 saturated carbocycles. The van der Waals surface area contributed by atoms with Crippen LogP contribution in [-0.2, 0) is 16.1 Å². The van der Waals surface area contributed by atoms with Gasteiger partial charge in [-0.2, -0.15) is 4.37 Å². The van der Waals surface area contributed by atoms with Gasteiger partial charge in [0.05, 0.1) is 6.54 Å². The van der Waals surface area contributed by atoms with Crippen molar-refractivity contribution in [2.75, 3.05) is 0 Å². The van der Waals surface area contributed by atoms with Crippen LogP contribution in [0.25, 0.3) is 0 Å². The van der Waals surface area contributed by atoms with Gasteiger partial charge in [0.2, 0.25) is 0 Å². The molecule has 0 N–H and O–H groups in total. The number of aryl methyl sites for hydroxylation is 1. The molecule has 2 aliphatic rings. The lowest BCUT2D eigenvalue weighted by molar-refractivity contribution is -0.138. The number of allylic oxidation sites excluding steroid dienone is 1. The highest BCUT2D eigenvalue weighted by atomic mass is 32.1. The van der Waals surface area contributed by atoms with Crippen LogP contribution >= 0.6 is 11.5 Å². The SMILES string of the molecule is Cc1nsc(CN2C(=O)C3=C(CCC=C3)C2=O)n1. The molecule has 1 aliphatic carbocycles. The van der Waals surface area contributed by atoms with Gasteiger partial charge in [-0.05, 0) is 31.3 Å². The van der Waals surface area contributed by atoms with Crippen molar-refractivity contribution < 1.29 is 9.59 Å². The maximum absolute atomic E-state index is 12.1. The lowest BCUT2D eigenvalue weighted by Crippen LogP contribution is -2.31. The second kappa shape index (κ2) is 4.13. The van der Waals surface area contributed by atoms with Gasteiger partial charge in [-0.1, -0.05) is 12.2 Å². The minimum absolute atomic E-state index is 0.174. The van der Waals surface area contributed by atoms with E-state index < -0.39 is 0 Å². The largest absolute Gasteiger partial charge is 0.269 e. The third-order valence-corrected chi connectivity index (χ3v) is 3.80. The van der Waals surface area contributed by atoms with Crippen molar-refractivity contribution >= 4 is 23.3 Å². The number of rotatable bonds is 2. The summed E-state index contributed by atoms with van der Waals surface area (Å²) in [4.78, 5) is 29.7. The number of amides is 2. The highest BCUT2D eigenvalue weighted by Crippen LogP contribution is 2.30. The van der Waals surface area contributed by atoms with E-state index in [0.29, 0.717) is 28.4 Å². The average molecular weight is 261 g/mol. The second-order valence-electron chi connectivity index (χ2n) is 4.27. The molecule has 5 nitrogen and oxygen atoms in total. The minimum Gasteiger partial charge on any atom is -0.269 e. The van der Waals surface area contributed by atoms with Crippen LogP contribution in [0.1, 0.15) is 23.7 Å². The molecular formula is C12H11N3O2S. The Balaban J connectivity index is 1.86. The van der Waals surface area contributed by atoms with E-state index in [2.05, 4.69) is 9.36 Å². The highest BCUT2D eigenvalue weighted by Gasteiger charge is 2.37. The Hall–Kier alpha value is -1.82. The normalized spacial score (nSPS) is 18.8. The number of nitrogens with zero attached hydrogens (tertiary/aromatic N) is 3. The van der Waals surface area contributed by atoms with Gasteiger partial charge in [-0.15, -0.1) is 0 Å². The van der Waals surface area contributed by atoms with Gasteiger partial charge >= 0.3 is 0 Å². The zero-order valence-electron chi connectivity index (χ0n) is 9.84. The predicted octanol–water partition coefficient (Wildman–Crippen LogP) is 1.36. The van der Waals surface area contributed by atoms with Crippen LogP contribution in [0.5, 0.6) is 0 Å². The summed E-state index contributed by atoms with van der Waals surface area (Å²) < 4.78 is 4.05. The molecule has 0 spiro atoms. The van der Waals surface area contributed by atoms with Crippen LogP contribution < -0.4 is 0 Å². The molecule has 3 rings (SSSR count). The summed E-state index contributed by atoms with van der Waals surface area (Å²) in [5.41, 5.74) is 1.19. The van der Waals surface area contributed by atoms with E-state index in [1.54, 1.807) is 13.0 Å². The molecule has 2 heterocycles. The third-order valence-electron chi connectivity index (χ3n) is 3.01. The molecule has 0 fully saturated rings. The molecule has 92 valence electrons. The van der Waals surface area contributed by atoms with Gasteiger partial charge in [-0.25, -0.2) is 4.98 Å². The van der Waals surface area contributed by atoms with E-state index in [9.17, 15) is 9.59 Å². The summed E-state index contributed by atoms with van der Waals surface area (Å²) in [5, 5.41) is 0.693. The quantitative estimate of drug-likeness (QED) is 0.754. The van der Waals surface area contributed by atoms with Crippen LogP contribution in [-0.4, -0.2) is 26.1 Å². The Morgan fingerprint density at radius 3 is 2.89 bits per heavy atom. The number of imide groups is 1. The number of aromatic nitrogens is 2.